The zero-order chi connectivity index (χ0) is 38.0. The maximum atomic E-state index is 15.0. The van der Waals surface area contributed by atoms with Crippen LogP contribution in [0, 0.1) is 28.1 Å². The van der Waals surface area contributed by atoms with E-state index in [-0.39, 0.29) is 24.9 Å². The Morgan fingerprint density at radius 2 is 1.71 bits per heavy atom. The molecule has 2 saturated heterocycles. The molecule has 0 amide bonds. The topological polar surface area (TPSA) is 146 Å². The smallest absolute Gasteiger partial charge is 0.336 e. The van der Waals surface area contributed by atoms with E-state index in [1.165, 1.54) is 0 Å². The lowest BCUT2D eigenvalue weighted by atomic mass is 9.40. The zero-order valence-electron chi connectivity index (χ0n) is 32.3. The number of carbonyl (C=O) groups is 3. The summed E-state index contributed by atoms with van der Waals surface area (Å²) >= 11 is 0. The molecule has 11 heteroatoms. The predicted octanol–water partition coefficient (Wildman–Crippen LogP) is 3.49. The summed E-state index contributed by atoms with van der Waals surface area (Å²) in [7, 11) is 2.11. The minimum atomic E-state index is -1.66. The number of aliphatic hydroxyl groups excluding tert-OH is 2. The lowest BCUT2D eigenvalue weighted by Crippen LogP contribution is -2.75. The average molecular weight is 725 g/mol. The van der Waals surface area contributed by atoms with E-state index in [1.54, 1.807) is 20.8 Å². The Morgan fingerprint density at radius 1 is 1.06 bits per heavy atom. The van der Waals surface area contributed by atoms with Gasteiger partial charge in [0, 0.05) is 62.2 Å². The molecular weight excluding hydrogens is 664 g/mol. The molecule has 6 rings (SSSR count). The number of piperazine rings is 1. The average Bonchev–Trinajstić information content (AvgIpc) is 3.10. The van der Waals surface area contributed by atoms with Crippen LogP contribution in [0.15, 0.2) is 41.5 Å². The van der Waals surface area contributed by atoms with Crippen LogP contribution in [0.1, 0.15) is 85.6 Å². The number of ketones is 1. The first-order chi connectivity index (χ1) is 24.4. The second-order valence-electron chi connectivity index (χ2n) is 17.5. The molecule has 2 unspecified atom stereocenters. The molecule has 11 atom stereocenters. The number of Topliss-reactive ketones (excluding diaryl/α,β-unsaturated/α-hetero) is 1. The molecule has 2 saturated carbocycles. The summed E-state index contributed by atoms with van der Waals surface area (Å²) < 4.78 is 18.4. The van der Waals surface area contributed by atoms with E-state index in [1.807, 2.05) is 51.1 Å². The Morgan fingerprint density at radius 3 is 2.33 bits per heavy atom. The van der Waals surface area contributed by atoms with Crippen molar-refractivity contribution in [3.63, 3.8) is 0 Å². The van der Waals surface area contributed by atoms with Gasteiger partial charge in [-0.2, -0.15) is 0 Å². The van der Waals surface area contributed by atoms with Crippen molar-refractivity contribution in [1.29, 1.82) is 0 Å². The quantitative estimate of drug-likeness (QED) is 0.254. The second kappa shape index (κ2) is 14.2. The Balaban J connectivity index is 1.30. The summed E-state index contributed by atoms with van der Waals surface area (Å²) in [6.07, 6.45) is -4.13. The molecule has 52 heavy (non-hydrogen) atoms. The fourth-order valence-corrected chi connectivity index (χ4v) is 10.8. The molecule has 1 aromatic carbocycles. The van der Waals surface area contributed by atoms with E-state index >= 15 is 4.79 Å². The molecule has 5 aliphatic rings. The molecule has 1 aromatic rings. The molecule has 3 N–H and O–H groups in total. The largest absolute Gasteiger partial charge is 0.461 e. The van der Waals surface area contributed by atoms with E-state index in [4.69, 9.17) is 14.2 Å². The molecule has 0 aromatic heterocycles. The Hall–Kier alpha value is -2.67. The van der Waals surface area contributed by atoms with E-state index in [0.29, 0.717) is 30.6 Å². The highest BCUT2D eigenvalue weighted by molar-refractivity contribution is 5.93. The Kier molecular flexibility index (Phi) is 10.7. The van der Waals surface area contributed by atoms with Crippen molar-refractivity contribution < 1.29 is 43.9 Å². The minimum absolute atomic E-state index is 0.000514. The van der Waals surface area contributed by atoms with Crippen molar-refractivity contribution >= 4 is 17.7 Å². The van der Waals surface area contributed by atoms with Crippen LogP contribution in [-0.2, 0) is 28.6 Å². The van der Waals surface area contributed by atoms with Gasteiger partial charge in [0.05, 0.1) is 23.7 Å². The summed E-state index contributed by atoms with van der Waals surface area (Å²) in [4.78, 5) is 46.7. The number of likely N-dealkylation sites (N-methyl/N-ethyl adjacent to an activating group) is 1. The number of carbonyl (C=O) groups excluding carboxylic acids is 3. The highest BCUT2D eigenvalue weighted by Crippen LogP contribution is 2.67. The van der Waals surface area contributed by atoms with Gasteiger partial charge in [-0.1, -0.05) is 65.0 Å². The van der Waals surface area contributed by atoms with Gasteiger partial charge < -0.3 is 39.3 Å². The van der Waals surface area contributed by atoms with Gasteiger partial charge in [-0.15, -0.1) is 0 Å². The van der Waals surface area contributed by atoms with Gasteiger partial charge in [-0.25, -0.2) is 4.79 Å². The van der Waals surface area contributed by atoms with Crippen molar-refractivity contribution in [2.75, 3.05) is 46.4 Å². The van der Waals surface area contributed by atoms with Gasteiger partial charge in [-0.3, -0.25) is 9.59 Å². The molecule has 11 nitrogen and oxygen atoms in total. The fraction of sp³-hybridized carbons (Fsp3) is 0.732. The van der Waals surface area contributed by atoms with Crippen LogP contribution in [-0.4, -0.2) is 125 Å². The van der Waals surface area contributed by atoms with Gasteiger partial charge in [-0.05, 0) is 62.4 Å². The molecule has 0 spiro atoms. The number of fused-ring (bicyclic) bond motifs is 5. The van der Waals surface area contributed by atoms with E-state index in [2.05, 4.69) is 23.8 Å². The lowest BCUT2D eigenvalue weighted by Gasteiger charge is -2.68. The van der Waals surface area contributed by atoms with Gasteiger partial charge >= 0.3 is 11.9 Å². The third-order valence-electron chi connectivity index (χ3n) is 14.3. The highest BCUT2D eigenvalue weighted by Gasteiger charge is 2.73. The Labute approximate surface area is 308 Å². The number of nitrogens with zero attached hydrogens (tertiary/aromatic N) is 2. The third-order valence-corrected chi connectivity index (χ3v) is 14.3. The lowest BCUT2D eigenvalue weighted by molar-refractivity contribution is -0.303. The van der Waals surface area contributed by atoms with Crippen LogP contribution < -0.4 is 0 Å². The molecule has 4 fully saturated rings. The van der Waals surface area contributed by atoms with Crippen LogP contribution >= 0.6 is 0 Å². The Bertz CT molecular complexity index is 1560. The molecule has 2 aliphatic heterocycles. The van der Waals surface area contributed by atoms with E-state index in [9.17, 15) is 24.9 Å². The first-order valence-corrected chi connectivity index (χ1v) is 19.2. The number of aliphatic hydroxyl groups is 3. The monoisotopic (exact) mass is 724 g/mol. The summed E-state index contributed by atoms with van der Waals surface area (Å²) in [5.74, 6) is -3.39. The van der Waals surface area contributed by atoms with Crippen LogP contribution in [0.4, 0.5) is 0 Å². The maximum Gasteiger partial charge on any atom is 0.336 e. The summed E-state index contributed by atoms with van der Waals surface area (Å²) in [6.45, 7) is 18.0. The van der Waals surface area contributed by atoms with Crippen LogP contribution in [0.3, 0.4) is 0 Å². The molecule has 2 bridgehead atoms. The molecule has 288 valence electrons. The number of benzene rings is 1. The number of hydrogen-bond acceptors (Lipinski definition) is 11. The maximum absolute atomic E-state index is 15.0. The second-order valence-corrected chi connectivity index (χ2v) is 17.5. The summed E-state index contributed by atoms with van der Waals surface area (Å²) in [5, 5.41) is 36.4. The number of esters is 2. The third kappa shape index (κ3) is 6.27. The number of rotatable bonds is 9. The first-order valence-electron chi connectivity index (χ1n) is 19.2. The summed E-state index contributed by atoms with van der Waals surface area (Å²) in [6, 6.07) is 9.20. The molecule has 2 heterocycles. The van der Waals surface area contributed by atoms with Gasteiger partial charge in [0.15, 0.2) is 11.9 Å². The van der Waals surface area contributed by atoms with Crippen molar-refractivity contribution in [1.82, 2.24) is 9.80 Å². The predicted molar refractivity (Wildman–Crippen MR) is 194 cm³/mol. The normalized spacial score (nSPS) is 38.9. The van der Waals surface area contributed by atoms with Crippen LogP contribution in [0.5, 0.6) is 0 Å². The SMILES string of the molecule is CC1=C2[C@@H](O)C(=O)[C@@]3(C)C([C@H](C)[C@](O)(C[C@@H]1OC(=O)[C@H](O)[C@@H](C)c1ccccc1)C2(C)C)[C@]1(C)COC1C[C@@H]3OC(=O)CCCN1CCN(C)CC1. The van der Waals surface area contributed by atoms with Crippen molar-refractivity contribution in [3.8, 4) is 0 Å². The molecule has 3 aliphatic carbocycles. The van der Waals surface area contributed by atoms with Gasteiger partial charge in [0.25, 0.3) is 0 Å². The first kappa shape index (κ1) is 39.0. The number of hydrogen-bond donors (Lipinski definition) is 3. The van der Waals surface area contributed by atoms with Gasteiger partial charge in [0.2, 0.25) is 0 Å². The standard InChI is InChI=1S/C41H60N2O9/c1-24(27-13-10-9-11-14-27)33(45)37(48)51-28-22-41(49)26(3)35-39(6)23-50-29(39)21-30(52-31(44)15-12-16-43-19-17-42(8)18-20-43)40(35,7)36(47)34(46)32(25(28)2)38(41,4)5/h9-11,13-14,24,26,28-30,33-35,45-46,49H,12,15-23H2,1-8H3/t24-,26-,28-,29?,30-,33+,34+,35?,39+,40+,41+/m0/s1. The van der Waals surface area contributed by atoms with Crippen molar-refractivity contribution in [3.05, 3.63) is 47.0 Å². The van der Waals surface area contributed by atoms with E-state index in [0.717, 1.165) is 38.3 Å². The van der Waals surface area contributed by atoms with Crippen molar-refractivity contribution in [2.45, 2.75) is 116 Å². The van der Waals surface area contributed by atoms with Crippen molar-refractivity contribution in [2.24, 2.45) is 28.1 Å². The molecular formula is C41H60N2O9. The van der Waals surface area contributed by atoms with Gasteiger partial charge in [0.1, 0.15) is 18.3 Å². The summed E-state index contributed by atoms with van der Waals surface area (Å²) in [5.41, 5.74) is -3.03. The van der Waals surface area contributed by atoms with Crippen LogP contribution in [0.25, 0.3) is 0 Å². The number of ether oxygens (including phenoxy) is 3. The van der Waals surface area contributed by atoms with Crippen LogP contribution in [0.2, 0.25) is 0 Å². The van der Waals surface area contributed by atoms with E-state index < -0.39 is 75.8 Å². The highest BCUT2D eigenvalue weighted by atomic mass is 16.6. The molecule has 0 radical (unpaired) electrons. The zero-order valence-corrected chi connectivity index (χ0v) is 32.3. The fourth-order valence-electron chi connectivity index (χ4n) is 10.8. The minimum Gasteiger partial charge on any atom is -0.461 e.